The van der Waals surface area contributed by atoms with Gasteiger partial charge in [0.15, 0.2) is 17.3 Å². The van der Waals surface area contributed by atoms with Gasteiger partial charge in [-0.25, -0.2) is 5.10 Å². The number of nitrogens with one attached hydrogen (secondary N) is 1. The molecule has 0 aliphatic rings. The average Bonchev–Trinajstić information content (AvgIpc) is 3.29. The number of halogens is 1. The summed E-state index contributed by atoms with van der Waals surface area (Å²) in [4.78, 5) is 0. The lowest BCUT2D eigenvalue weighted by Gasteiger charge is -2.15. The fourth-order valence-electron chi connectivity index (χ4n) is 2.40. The Kier molecular flexibility index (Phi) is 6.53. The number of aromatic nitrogens is 3. The Labute approximate surface area is 172 Å². The molecule has 9 heteroatoms. The highest BCUT2D eigenvalue weighted by atomic mass is 35.5. The molecular weight excluding hydrogens is 400 g/mol. The maximum absolute atomic E-state index is 6.43. The molecule has 28 heavy (non-hydrogen) atoms. The standard InChI is InChI=1S/C19H21ClN4O3S/c1-4-25-16-9-13(8-14(20)17(16)27-11-12(2)3)10-21-24-18(22-23-19(24)28)15-6-5-7-26-15/h5-10,12H,4,11H2,1-3H3,(H,23,28)/b21-10-. The number of hydrogen-bond donors (Lipinski definition) is 1. The number of benzene rings is 1. The molecule has 0 bridgehead atoms. The summed E-state index contributed by atoms with van der Waals surface area (Å²) in [6.45, 7) is 7.08. The van der Waals surface area contributed by atoms with Crippen molar-refractivity contribution in [2.24, 2.45) is 11.0 Å². The van der Waals surface area contributed by atoms with Crippen molar-refractivity contribution < 1.29 is 13.9 Å². The number of H-pyrrole nitrogens is 1. The lowest BCUT2D eigenvalue weighted by Crippen LogP contribution is -2.07. The van der Waals surface area contributed by atoms with E-state index in [1.54, 1.807) is 30.7 Å². The summed E-state index contributed by atoms with van der Waals surface area (Å²) in [5.74, 6) is 2.49. The first kappa shape index (κ1) is 20.2. The Hall–Kier alpha value is -2.58. The molecule has 148 valence electrons. The van der Waals surface area contributed by atoms with Crippen LogP contribution >= 0.6 is 23.8 Å². The van der Waals surface area contributed by atoms with Crippen LogP contribution in [0, 0.1) is 10.7 Å². The molecule has 0 unspecified atom stereocenters. The highest BCUT2D eigenvalue weighted by Gasteiger charge is 2.14. The molecule has 0 aliphatic carbocycles. The van der Waals surface area contributed by atoms with Gasteiger partial charge in [0.2, 0.25) is 10.6 Å². The first-order valence-electron chi connectivity index (χ1n) is 8.84. The third-order valence-corrected chi connectivity index (χ3v) is 4.15. The molecule has 3 aromatic rings. The van der Waals surface area contributed by atoms with Crippen molar-refractivity contribution in [1.29, 1.82) is 0 Å². The summed E-state index contributed by atoms with van der Waals surface area (Å²) in [6.07, 6.45) is 3.18. The second-order valence-corrected chi connectivity index (χ2v) is 7.15. The summed E-state index contributed by atoms with van der Waals surface area (Å²) in [7, 11) is 0. The van der Waals surface area contributed by atoms with E-state index in [0.717, 1.165) is 5.56 Å². The van der Waals surface area contributed by atoms with Crippen LogP contribution in [0.15, 0.2) is 40.0 Å². The molecule has 1 N–H and O–H groups in total. The van der Waals surface area contributed by atoms with Crippen molar-refractivity contribution in [1.82, 2.24) is 14.9 Å². The highest BCUT2D eigenvalue weighted by Crippen LogP contribution is 2.36. The third kappa shape index (κ3) is 4.63. The van der Waals surface area contributed by atoms with Crippen LogP contribution < -0.4 is 9.47 Å². The van der Waals surface area contributed by atoms with Crippen LogP contribution in [0.5, 0.6) is 11.5 Å². The van der Waals surface area contributed by atoms with E-state index in [-0.39, 0.29) is 0 Å². The quantitative estimate of drug-likeness (QED) is 0.401. The Bertz CT molecular complexity index is 1010. The minimum atomic E-state index is 0.343. The minimum Gasteiger partial charge on any atom is -0.490 e. The monoisotopic (exact) mass is 420 g/mol. The number of nitrogens with zero attached hydrogens (tertiary/aromatic N) is 3. The molecule has 7 nitrogen and oxygen atoms in total. The second kappa shape index (κ2) is 9.07. The number of furan rings is 1. The Morgan fingerprint density at radius 1 is 1.39 bits per heavy atom. The SMILES string of the molecule is CCOc1cc(/C=N\n2c(-c3ccco3)n[nH]c2=S)cc(Cl)c1OCC(C)C. The third-order valence-electron chi connectivity index (χ3n) is 3.61. The molecule has 1 aromatic carbocycles. The van der Waals surface area contributed by atoms with Crippen LogP contribution in [-0.4, -0.2) is 34.3 Å². The van der Waals surface area contributed by atoms with Gasteiger partial charge >= 0.3 is 0 Å². The largest absolute Gasteiger partial charge is 0.490 e. The van der Waals surface area contributed by atoms with E-state index < -0.39 is 0 Å². The average molecular weight is 421 g/mol. The molecule has 0 aliphatic heterocycles. The Morgan fingerprint density at radius 3 is 2.89 bits per heavy atom. The zero-order valence-corrected chi connectivity index (χ0v) is 17.4. The van der Waals surface area contributed by atoms with Crippen molar-refractivity contribution in [3.63, 3.8) is 0 Å². The molecular formula is C19H21ClN4O3S. The van der Waals surface area contributed by atoms with E-state index in [1.807, 2.05) is 13.0 Å². The lowest BCUT2D eigenvalue weighted by molar-refractivity contribution is 0.248. The van der Waals surface area contributed by atoms with Crippen LogP contribution in [0.4, 0.5) is 0 Å². The van der Waals surface area contributed by atoms with Crippen LogP contribution in [0.3, 0.4) is 0 Å². The summed E-state index contributed by atoms with van der Waals surface area (Å²) in [5.41, 5.74) is 0.735. The molecule has 0 atom stereocenters. The predicted molar refractivity (Wildman–Crippen MR) is 111 cm³/mol. The summed E-state index contributed by atoms with van der Waals surface area (Å²) in [5, 5.41) is 11.7. The second-order valence-electron chi connectivity index (χ2n) is 6.35. The smallest absolute Gasteiger partial charge is 0.219 e. The van der Waals surface area contributed by atoms with Crippen molar-refractivity contribution in [2.45, 2.75) is 20.8 Å². The van der Waals surface area contributed by atoms with Crippen molar-refractivity contribution in [2.75, 3.05) is 13.2 Å². The van der Waals surface area contributed by atoms with E-state index >= 15 is 0 Å². The van der Waals surface area contributed by atoms with Gasteiger partial charge in [-0.1, -0.05) is 25.4 Å². The number of aromatic amines is 1. The van der Waals surface area contributed by atoms with Gasteiger partial charge in [-0.3, -0.25) is 0 Å². The molecule has 0 saturated carbocycles. The minimum absolute atomic E-state index is 0.343. The van der Waals surface area contributed by atoms with Crippen LogP contribution in [0.25, 0.3) is 11.6 Å². The van der Waals surface area contributed by atoms with Crippen molar-refractivity contribution in [3.8, 4) is 23.1 Å². The molecule has 0 saturated heterocycles. The van der Waals surface area contributed by atoms with Gasteiger partial charge in [0.05, 0.1) is 30.7 Å². The van der Waals surface area contributed by atoms with Gasteiger partial charge in [-0.05, 0) is 54.9 Å². The van der Waals surface area contributed by atoms with Gasteiger partial charge in [0.25, 0.3) is 0 Å². The number of rotatable bonds is 8. The first-order chi connectivity index (χ1) is 13.5. The summed E-state index contributed by atoms with van der Waals surface area (Å²) < 4.78 is 18.7. The topological polar surface area (TPSA) is 77.6 Å². The normalized spacial score (nSPS) is 11.5. The molecule has 2 heterocycles. The van der Waals surface area contributed by atoms with E-state index in [1.165, 1.54) is 4.68 Å². The zero-order chi connectivity index (χ0) is 20.1. The van der Waals surface area contributed by atoms with Gasteiger partial charge < -0.3 is 13.9 Å². The lowest BCUT2D eigenvalue weighted by atomic mass is 10.2. The summed E-state index contributed by atoms with van der Waals surface area (Å²) in [6, 6.07) is 7.14. The Balaban J connectivity index is 1.93. The van der Waals surface area contributed by atoms with Crippen LogP contribution in [0.2, 0.25) is 5.02 Å². The molecule has 0 fully saturated rings. The van der Waals surface area contributed by atoms with Crippen LogP contribution in [-0.2, 0) is 0 Å². The van der Waals surface area contributed by atoms with Gasteiger partial charge in [-0.15, -0.1) is 5.10 Å². The molecule has 0 radical (unpaired) electrons. The highest BCUT2D eigenvalue weighted by molar-refractivity contribution is 7.71. The molecule has 0 amide bonds. The van der Waals surface area contributed by atoms with Crippen molar-refractivity contribution in [3.05, 3.63) is 45.9 Å². The summed E-state index contributed by atoms with van der Waals surface area (Å²) >= 11 is 11.7. The maximum Gasteiger partial charge on any atom is 0.219 e. The van der Waals surface area contributed by atoms with Gasteiger partial charge in [-0.2, -0.15) is 9.78 Å². The van der Waals surface area contributed by atoms with E-state index in [9.17, 15) is 0 Å². The zero-order valence-electron chi connectivity index (χ0n) is 15.8. The van der Waals surface area contributed by atoms with Crippen molar-refractivity contribution >= 4 is 30.0 Å². The number of hydrogen-bond acceptors (Lipinski definition) is 6. The predicted octanol–water partition coefficient (Wildman–Crippen LogP) is 5.17. The van der Waals surface area contributed by atoms with E-state index in [0.29, 0.717) is 52.0 Å². The molecule has 3 rings (SSSR count). The van der Waals surface area contributed by atoms with Gasteiger partial charge in [0.1, 0.15) is 0 Å². The maximum atomic E-state index is 6.43. The number of ether oxygens (including phenoxy) is 2. The molecule has 0 spiro atoms. The van der Waals surface area contributed by atoms with Gasteiger partial charge in [0, 0.05) is 0 Å². The van der Waals surface area contributed by atoms with E-state index in [2.05, 4.69) is 29.1 Å². The Morgan fingerprint density at radius 2 is 2.21 bits per heavy atom. The fraction of sp³-hybridized carbons (Fsp3) is 0.316. The first-order valence-corrected chi connectivity index (χ1v) is 9.63. The fourth-order valence-corrected chi connectivity index (χ4v) is 2.86. The van der Waals surface area contributed by atoms with E-state index in [4.69, 9.17) is 37.7 Å². The molecule has 2 aromatic heterocycles. The van der Waals surface area contributed by atoms with Crippen LogP contribution in [0.1, 0.15) is 26.3 Å².